The predicted molar refractivity (Wildman–Crippen MR) is 76.4 cm³/mol. The highest BCUT2D eigenvalue weighted by Crippen LogP contribution is 2.20. The first kappa shape index (κ1) is 15.0. The van der Waals surface area contributed by atoms with E-state index in [1.54, 1.807) is 30.3 Å². The summed E-state index contributed by atoms with van der Waals surface area (Å²) >= 11 is 0. The molecule has 0 heterocycles. The Labute approximate surface area is 122 Å². The molecular formula is C16H16FNO3. The van der Waals surface area contributed by atoms with Gasteiger partial charge in [-0.1, -0.05) is 12.1 Å². The van der Waals surface area contributed by atoms with Crippen molar-refractivity contribution < 1.29 is 18.7 Å². The van der Waals surface area contributed by atoms with E-state index in [-0.39, 0.29) is 18.3 Å². The Morgan fingerprint density at radius 1 is 1.19 bits per heavy atom. The van der Waals surface area contributed by atoms with Crippen molar-refractivity contribution >= 4 is 5.97 Å². The van der Waals surface area contributed by atoms with Crippen molar-refractivity contribution in [2.24, 2.45) is 5.73 Å². The van der Waals surface area contributed by atoms with Crippen molar-refractivity contribution in [3.63, 3.8) is 0 Å². The molecule has 21 heavy (non-hydrogen) atoms. The third-order valence-electron chi connectivity index (χ3n) is 3.01. The van der Waals surface area contributed by atoms with Gasteiger partial charge in [0, 0.05) is 12.1 Å². The van der Waals surface area contributed by atoms with Crippen LogP contribution in [-0.2, 0) is 17.9 Å². The number of rotatable bonds is 5. The van der Waals surface area contributed by atoms with E-state index in [4.69, 9.17) is 10.5 Å². The first-order valence-corrected chi connectivity index (χ1v) is 6.42. The summed E-state index contributed by atoms with van der Waals surface area (Å²) in [5.74, 6) is -0.174. The zero-order chi connectivity index (χ0) is 15.2. The monoisotopic (exact) mass is 289 g/mol. The van der Waals surface area contributed by atoms with Gasteiger partial charge in [-0.05, 0) is 35.9 Å². The first-order chi connectivity index (χ1) is 10.1. The highest BCUT2D eigenvalue weighted by molar-refractivity contribution is 5.89. The van der Waals surface area contributed by atoms with Crippen molar-refractivity contribution in [1.82, 2.24) is 0 Å². The molecule has 0 radical (unpaired) electrons. The quantitative estimate of drug-likeness (QED) is 0.860. The smallest absolute Gasteiger partial charge is 0.337 e. The molecule has 0 bridgehead atoms. The third kappa shape index (κ3) is 3.79. The first-order valence-electron chi connectivity index (χ1n) is 6.42. The Morgan fingerprint density at radius 3 is 2.52 bits per heavy atom. The van der Waals surface area contributed by atoms with Crippen LogP contribution in [0.4, 0.5) is 4.39 Å². The number of benzene rings is 2. The molecule has 4 nitrogen and oxygen atoms in total. The lowest BCUT2D eigenvalue weighted by Crippen LogP contribution is -2.04. The molecule has 2 rings (SSSR count). The molecule has 0 atom stereocenters. The van der Waals surface area contributed by atoms with Crippen LogP contribution in [0, 0.1) is 5.82 Å². The van der Waals surface area contributed by atoms with E-state index >= 15 is 0 Å². The Bertz CT molecular complexity index is 626. The van der Waals surface area contributed by atoms with Crippen LogP contribution < -0.4 is 10.5 Å². The van der Waals surface area contributed by atoms with E-state index in [9.17, 15) is 9.18 Å². The SMILES string of the molecule is COC(=O)c1ccc(COc2ccc(F)cc2CN)cc1. The Kier molecular flexibility index (Phi) is 4.90. The largest absolute Gasteiger partial charge is 0.489 e. The average molecular weight is 289 g/mol. The van der Waals surface area contributed by atoms with Gasteiger partial charge in [0.15, 0.2) is 0 Å². The average Bonchev–Trinajstić information content (AvgIpc) is 2.53. The summed E-state index contributed by atoms with van der Waals surface area (Å²) in [6.45, 7) is 0.508. The number of carbonyl (C=O) groups is 1. The number of hydrogen-bond acceptors (Lipinski definition) is 4. The van der Waals surface area contributed by atoms with E-state index in [2.05, 4.69) is 4.74 Å². The van der Waals surface area contributed by atoms with Gasteiger partial charge in [0.1, 0.15) is 18.2 Å². The summed E-state index contributed by atoms with van der Waals surface area (Å²) in [5.41, 5.74) is 7.53. The maximum absolute atomic E-state index is 13.1. The summed E-state index contributed by atoms with van der Waals surface area (Å²) in [6.07, 6.45) is 0. The Hall–Kier alpha value is -2.40. The van der Waals surface area contributed by atoms with Gasteiger partial charge in [0.25, 0.3) is 0 Å². The standard InChI is InChI=1S/C16H16FNO3/c1-20-16(19)12-4-2-11(3-5-12)10-21-15-7-6-14(17)8-13(15)9-18/h2-8H,9-10,18H2,1H3. The van der Waals surface area contributed by atoms with Crippen LogP contribution in [0.15, 0.2) is 42.5 Å². The van der Waals surface area contributed by atoms with Crippen molar-refractivity contribution in [2.45, 2.75) is 13.2 Å². The third-order valence-corrected chi connectivity index (χ3v) is 3.01. The fourth-order valence-electron chi connectivity index (χ4n) is 1.86. The van der Waals surface area contributed by atoms with Crippen LogP contribution in [0.5, 0.6) is 5.75 Å². The highest BCUT2D eigenvalue weighted by atomic mass is 19.1. The Balaban J connectivity index is 2.05. The number of ether oxygens (including phenoxy) is 2. The lowest BCUT2D eigenvalue weighted by Gasteiger charge is -2.10. The van der Waals surface area contributed by atoms with E-state index in [0.717, 1.165) is 5.56 Å². The summed E-state index contributed by atoms with van der Waals surface area (Å²) < 4.78 is 23.4. The number of methoxy groups -OCH3 is 1. The fourth-order valence-corrected chi connectivity index (χ4v) is 1.86. The lowest BCUT2D eigenvalue weighted by molar-refractivity contribution is 0.0600. The van der Waals surface area contributed by atoms with Gasteiger partial charge in [-0.25, -0.2) is 9.18 Å². The summed E-state index contributed by atoms with van der Waals surface area (Å²) in [4.78, 5) is 11.3. The molecule has 0 saturated carbocycles. The number of halogens is 1. The van der Waals surface area contributed by atoms with Gasteiger partial charge in [0.2, 0.25) is 0 Å². The molecule has 2 aromatic carbocycles. The second-order valence-electron chi connectivity index (χ2n) is 4.43. The van der Waals surface area contributed by atoms with Crippen molar-refractivity contribution in [3.05, 3.63) is 65.0 Å². The maximum atomic E-state index is 13.1. The van der Waals surface area contributed by atoms with Crippen LogP contribution in [0.2, 0.25) is 0 Å². The molecule has 2 N–H and O–H groups in total. The van der Waals surface area contributed by atoms with Crippen LogP contribution in [0.1, 0.15) is 21.5 Å². The van der Waals surface area contributed by atoms with E-state index in [1.165, 1.54) is 19.2 Å². The normalized spacial score (nSPS) is 10.2. The van der Waals surface area contributed by atoms with E-state index in [0.29, 0.717) is 23.5 Å². The molecule has 110 valence electrons. The second-order valence-corrected chi connectivity index (χ2v) is 4.43. The minimum Gasteiger partial charge on any atom is -0.489 e. The molecule has 0 aromatic heterocycles. The summed E-state index contributed by atoms with van der Waals surface area (Å²) in [6, 6.07) is 11.1. The molecular weight excluding hydrogens is 273 g/mol. The van der Waals surface area contributed by atoms with Crippen LogP contribution >= 0.6 is 0 Å². The van der Waals surface area contributed by atoms with Gasteiger partial charge in [-0.15, -0.1) is 0 Å². The van der Waals surface area contributed by atoms with Crippen LogP contribution in [0.25, 0.3) is 0 Å². The van der Waals surface area contributed by atoms with Crippen molar-refractivity contribution in [2.75, 3.05) is 7.11 Å². The molecule has 0 aliphatic carbocycles. The minimum absolute atomic E-state index is 0.203. The minimum atomic E-state index is -0.383. The number of esters is 1. The molecule has 0 saturated heterocycles. The molecule has 0 aliphatic heterocycles. The van der Waals surface area contributed by atoms with E-state index < -0.39 is 0 Å². The zero-order valence-corrected chi connectivity index (χ0v) is 11.6. The summed E-state index contributed by atoms with van der Waals surface area (Å²) in [5, 5.41) is 0. The molecule has 0 unspecified atom stereocenters. The predicted octanol–water partition coefficient (Wildman–Crippen LogP) is 2.65. The van der Waals surface area contributed by atoms with Crippen molar-refractivity contribution in [1.29, 1.82) is 0 Å². The number of nitrogens with two attached hydrogens (primary N) is 1. The molecule has 0 aliphatic rings. The van der Waals surface area contributed by atoms with Crippen molar-refractivity contribution in [3.8, 4) is 5.75 Å². The molecule has 0 amide bonds. The van der Waals surface area contributed by atoms with Gasteiger partial charge >= 0.3 is 5.97 Å². The number of hydrogen-bond donors (Lipinski definition) is 1. The van der Waals surface area contributed by atoms with Gasteiger partial charge in [0.05, 0.1) is 12.7 Å². The lowest BCUT2D eigenvalue weighted by atomic mass is 10.1. The van der Waals surface area contributed by atoms with Gasteiger partial charge in [-0.3, -0.25) is 0 Å². The van der Waals surface area contributed by atoms with Gasteiger partial charge < -0.3 is 15.2 Å². The fraction of sp³-hybridized carbons (Fsp3) is 0.188. The highest BCUT2D eigenvalue weighted by Gasteiger charge is 2.06. The molecule has 0 spiro atoms. The topological polar surface area (TPSA) is 61.5 Å². The summed E-state index contributed by atoms with van der Waals surface area (Å²) in [7, 11) is 1.34. The molecule has 5 heteroatoms. The van der Waals surface area contributed by atoms with Crippen LogP contribution in [-0.4, -0.2) is 13.1 Å². The van der Waals surface area contributed by atoms with Gasteiger partial charge in [-0.2, -0.15) is 0 Å². The number of carbonyl (C=O) groups excluding carboxylic acids is 1. The van der Waals surface area contributed by atoms with E-state index in [1.807, 2.05) is 0 Å². The Morgan fingerprint density at radius 2 is 1.90 bits per heavy atom. The molecule has 2 aromatic rings. The van der Waals surface area contributed by atoms with Crippen LogP contribution in [0.3, 0.4) is 0 Å². The maximum Gasteiger partial charge on any atom is 0.337 e. The second kappa shape index (κ2) is 6.85. The molecule has 0 fully saturated rings. The zero-order valence-electron chi connectivity index (χ0n) is 11.6.